The summed E-state index contributed by atoms with van der Waals surface area (Å²) in [6, 6.07) is 14.1. The van der Waals surface area contributed by atoms with Gasteiger partial charge in [-0.05, 0) is 24.6 Å². The summed E-state index contributed by atoms with van der Waals surface area (Å²) in [5, 5.41) is 2.85. The van der Waals surface area contributed by atoms with Crippen molar-refractivity contribution < 1.29 is 22.4 Å². The van der Waals surface area contributed by atoms with E-state index in [4.69, 9.17) is 20.8 Å². The van der Waals surface area contributed by atoms with Crippen LogP contribution in [0.2, 0.25) is 5.02 Å². The number of hydrogen-bond acceptors (Lipinski definition) is 6. The minimum Gasteiger partial charge on any atom is -0.441 e. The molecule has 3 aromatic rings. The van der Waals surface area contributed by atoms with Crippen molar-refractivity contribution >= 4 is 33.2 Å². The molecule has 0 unspecified atom stereocenters. The topological polar surface area (TPSA) is 102 Å². The normalized spacial score (nSPS) is 14.8. The standard InChI is InChI=1S/C23H24ClN3O5S/c24-19-10-9-18(15-21(19)33(29,30)27-11-13-31-14-12-27)26-22(28)7-4-8-23-25-16-20(32-23)17-5-2-1-3-6-17/h1-3,5-6,9-10,15-16H,4,7-8,11-14H2,(H,26,28). The molecule has 2 aromatic carbocycles. The van der Waals surface area contributed by atoms with Crippen LogP contribution >= 0.6 is 11.6 Å². The maximum absolute atomic E-state index is 12.9. The third-order valence-corrected chi connectivity index (χ3v) is 7.59. The van der Waals surface area contributed by atoms with Gasteiger partial charge in [0.1, 0.15) is 4.90 Å². The van der Waals surface area contributed by atoms with Crippen molar-refractivity contribution in [3.05, 3.63) is 65.6 Å². The number of carbonyl (C=O) groups excluding carboxylic acids is 1. The molecule has 0 atom stereocenters. The Kier molecular flexibility index (Phi) is 7.44. The van der Waals surface area contributed by atoms with E-state index in [1.54, 1.807) is 12.3 Å². The predicted octanol–water partition coefficient (Wildman–Crippen LogP) is 3.98. The third kappa shape index (κ3) is 5.80. The first-order chi connectivity index (χ1) is 15.9. The number of nitrogens with one attached hydrogen (secondary N) is 1. The second-order valence-electron chi connectivity index (χ2n) is 7.55. The Morgan fingerprint density at radius 2 is 1.88 bits per heavy atom. The first-order valence-corrected chi connectivity index (χ1v) is 12.4. The zero-order valence-corrected chi connectivity index (χ0v) is 19.4. The molecule has 0 aliphatic carbocycles. The summed E-state index contributed by atoms with van der Waals surface area (Å²) >= 11 is 6.17. The van der Waals surface area contributed by atoms with Gasteiger partial charge in [-0.1, -0.05) is 41.9 Å². The van der Waals surface area contributed by atoms with Gasteiger partial charge >= 0.3 is 0 Å². The average Bonchev–Trinajstić information content (AvgIpc) is 3.30. The lowest BCUT2D eigenvalue weighted by Crippen LogP contribution is -2.40. The number of hydrogen-bond donors (Lipinski definition) is 1. The van der Waals surface area contributed by atoms with E-state index in [-0.39, 0.29) is 35.3 Å². The number of morpholine rings is 1. The van der Waals surface area contributed by atoms with Crippen LogP contribution < -0.4 is 5.32 Å². The zero-order valence-electron chi connectivity index (χ0n) is 17.9. The number of anilines is 1. The van der Waals surface area contributed by atoms with Crippen molar-refractivity contribution in [1.82, 2.24) is 9.29 Å². The molecule has 0 bridgehead atoms. The molecule has 2 heterocycles. The lowest BCUT2D eigenvalue weighted by molar-refractivity contribution is -0.116. The number of amides is 1. The van der Waals surface area contributed by atoms with Gasteiger partial charge in [-0.15, -0.1) is 0 Å². The van der Waals surface area contributed by atoms with Crippen LogP contribution in [0.3, 0.4) is 0 Å². The monoisotopic (exact) mass is 489 g/mol. The van der Waals surface area contributed by atoms with Gasteiger partial charge in [0.05, 0.1) is 24.4 Å². The van der Waals surface area contributed by atoms with Crippen molar-refractivity contribution in [2.24, 2.45) is 0 Å². The largest absolute Gasteiger partial charge is 0.441 e. The molecule has 1 saturated heterocycles. The average molecular weight is 490 g/mol. The Bertz CT molecular complexity index is 1210. The fourth-order valence-corrected chi connectivity index (χ4v) is 5.40. The summed E-state index contributed by atoms with van der Waals surface area (Å²) in [5.41, 5.74) is 1.32. The van der Waals surface area contributed by atoms with Crippen molar-refractivity contribution in [3.8, 4) is 11.3 Å². The number of rotatable bonds is 8. The quantitative estimate of drug-likeness (QED) is 0.513. The molecule has 0 radical (unpaired) electrons. The van der Waals surface area contributed by atoms with Gasteiger partial charge in [0, 0.05) is 37.2 Å². The molecule has 1 N–H and O–H groups in total. The molecule has 1 aromatic heterocycles. The number of sulfonamides is 1. The first-order valence-electron chi connectivity index (χ1n) is 10.6. The number of aromatic nitrogens is 1. The van der Waals surface area contributed by atoms with E-state index in [9.17, 15) is 13.2 Å². The molecule has 174 valence electrons. The van der Waals surface area contributed by atoms with Gasteiger partial charge in [-0.3, -0.25) is 4.79 Å². The van der Waals surface area contributed by atoms with Crippen LogP contribution in [-0.2, 0) is 26.0 Å². The predicted molar refractivity (Wildman–Crippen MR) is 125 cm³/mol. The lowest BCUT2D eigenvalue weighted by Gasteiger charge is -2.26. The van der Waals surface area contributed by atoms with E-state index in [1.165, 1.54) is 16.4 Å². The summed E-state index contributed by atoms with van der Waals surface area (Å²) < 4.78 is 38.2. The van der Waals surface area contributed by atoms with Gasteiger partial charge in [-0.2, -0.15) is 4.31 Å². The molecule has 1 fully saturated rings. The second kappa shape index (κ2) is 10.5. The van der Waals surface area contributed by atoms with Crippen LogP contribution in [0.25, 0.3) is 11.3 Å². The molecule has 0 spiro atoms. The number of benzene rings is 2. The number of ether oxygens (including phenoxy) is 1. The fraction of sp³-hybridized carbons (Fsp3) is 0.304. The maximum atomic E-state index is 12.9. The van der Waals surface area contributed by atoms with Crippen LogP contribution in [0.4, 0.5) is 5.69 Å². The molecule has 33 heavy (non-hydrogen) atoms. The zero-order chi connectivity index (χ0) is 23.3. The SMILES string of the molecule is O=C(CCCc1ncc(-c2ccccc2)o1)Nc1ccc(Cl)c(S(=O)(=O)N2CCOCC2)c1. The van der Waals surface area contributed by atoms with E-state index >= 15 is 0 Å². The second-order valence-corrected chi connectivity index (χ2v) is 9.86. The Labute approximate surface area is 197 Å². The van der Waals surface area contributed by atoms with E-state index < -0.39 is 10.0 Å². The molecule has 8 nitrogen and oxygen atoms in total. The summed E-state index contributed by atoms with van der Waals surface area (Å²) in [6.07, 6.45) is 2.96. The van der Waals surface area contributed by atoms with E-state index in [0.717, 1.165) is 5.56 Å². The number of nitrogens with zero attached hydrogens (tertiary/aromatic N) is 2. The van der Waals surface area contributed by atoms with Crippen molar-refractivity contribution in [1.29, 1.82) is 0 Å². The number of halogens is 1. The molecule has 10 heteroatoms. The number of carbonyl (C=O) groups is 1. The van der Waals surface area contributed by atoms with E-state index in [1.807, 2.05) is 30.3 Å². The number of oxazole rings is 1. The van der Waals surface area contributed by atoms with Gasteiger partial charge in [0.2, 0.25) is 15.9 Å². The Hall–Kier alpha value is -2.72. The van der Waals surface area contributed by atoms with Crippen LogP contribution in [0.5, 0.6) is 0 Å². The minimum absolute atomic E-state index is 0.0305. The van der Waals surface area contributed by atoms with Gasteiger partial charge in [0.15, 0.2) is 11.7 Å². The third-order valence-electron chi connectivity index (χ3n) is 5.21. The highest BCUT2D eigenvalue weighted by Gasteiger charge is 2.28. The highest BCUT2D eigenvalue weighted by Crippen LogP contribution is 2.28. The van der Waals surface area contributed by atoms with Crippen LogP contribution in [0, 0.1) is 0 Å². The summed E-state index contributed by atoms with van der Waals surface area (Å²) in [4.78, 5) is 16.6. The lowest BCUT2D eigenvalue weighted by atomic mass is 10.2. The van der Waals surface area contributed by atoms with Gasteiger partial charge in [-0.25, -0.2) is 13.4 Å². The minimum atomic E-state index is -3.78. The van der Waals surface area contributed by atoms with E-state index in [0.29, 0.717) is 43.4 Å². The Morgan fingerprint density at radius 3 is 2.64 bits per heavy atom. The molecule has 1 aliphatic heterocycles. The fourth-order valence-electron chi connectivity index (χ4n) is 3.49. The molecular weight excluding hydrogens is 466 g/mol. The van der Waals surface area contributed by atoms with Crippen molar-refractivity contribution in [2.75, 3.05) is 31.6 Å². The Balaban J connectivity index is 1.33. The van der Waals surface area contributed by atoms with Crippen molar-refractivity contribution in [3.63, 3.8) is 0 Å². The first kappa shape index (κ1) is 23.4. The van der Waals surface area contributed by atoms with Crippen LogP contribution in [0.15, 0.2) is 64.0 Å². The summed E-state index contributed by atoms with van der Waals surface area (Å²) in [5.74, 6) is 1.01. The van der Waals surface area contributed by atoms with E-state index in [2.05, 4.69) is 10.3 Å². The van der Waals surface area contributed by atoms with Crippen molar-refractivity contribution in [2.45, 2.75) is 24.2 Å². The molecule has 1 amide bonds. The molecular formula is C23H24ClN3O5S. The highest BCUT2D eigenvalue weighted by atomic mass is 35.5. The maximum Gasteiger partial charge on any atom is 0.244 e. The summed E-state index contributed by atoms with van der Waals surface area (Å²) in [6.45, 7) is 1.21. The van der Waals surface area contributed by atoms with Crippen LogP contribution in [-0.4, -0.2) is 49.9 Å². The van der Waals surface area contributed by atoms with Gasteiger partial charge in [0.25, 0.3) is 0 Å². The smallest absolute Gasteiger partial charge is 0.244 e. The molecule has 4 rings (SSSR count). The Morgan fingerprint density at radius 1 is 1.12 bits per heavy atom. The van der Waals surface area contributed by atoms with Crippen LogP contribution in [0.1, 0.15) is 18.7 Å². The highest BCUT2D eigenvalue weighted by molar-refractivity contribution is 7.89. The molecule has 0 saturated carbocycles. The van der Waals surface area contributed by atoms with Gasteiger partial charge < -0.3 is 14.5 Å². The molecule has 1 aliphatic rings. The number of aryl methyl sites for hydroxylation is 1. The summed E-state index contributed by atoms with van der Waals surface area (Å²) in [7, 11) is -3.78.